The van der Waals surface area contributed by atoms with Gasteiger partial charge in [0.15, 0.2) is 0 Å². The number of rotatable bonds is 4. The summed E-state index contributed by atoms with van der Waals surface area (Å²) in [5, 5.41) is 6.79. The molecule has 1 N–H and O–H groups in total. The zero-order valence-corrected chi connectivity index (χ0v) is 14.4. The summed E-state index contributed by atoms with van der Waals surface area (Å²) in [4.78, 5) is 0.291. The first-order valence-electron chi connectivity index (χ1n) is 7.63. The maximum Gasteiger partial charge on any atom is 0.247 e. The third-order valence-corrected chi connectivity index (χ3v) is 6.50. The molecule has 0 radical (unpaired) electrons. The van der Waals surface area contributed by atoms with Crippen LogP contribution in [0.25, 0.3) is 0 Å². The van der Waals surface area contributed by atoms with E-state index in [2.05, 4.69) is 10.2 Å². The van der Waals surface area contributed by atoms with Crippen molar-refractivity contribution in [1.29, 1.82) is 0 Å². The van der Waals surface area contributed by atoms with E-state index in [1.165, 1.54) is 0 Å². The van der Waals surface area contributed by atoms with Gasteiger partial charge in [0.1, 0.15) is 10.6 Å². The highest BCUT2D eigenvalue weighted by Gasteiger charge is 2.39. The van der Waals surface area contributed by atoms with Gasteiger partial charge in [-0.05, 0) is 32.8 Å². The second-order valence-corrected chi connectivity index (χ2v) is 7.61. The van der Waals surface area contributed by atoms with Gasteiger partial charge in [0, 0.05) is 12.1 Å². The van der Waals surface area contributed by atoms with E-state index in [1.54, 1.807) is 25.3 Å². The number of methoxy groups -OCH3 is 1. The summed E-state index contributed by atoms with van der Waals surface area (Å²) in [5.74, 6) is 0.722. The average Bonchev–Trinajstić information content (AvgIpc) is 3.14. The molecule has 0 bridgehead atoms. The molecule has 1 aliphatic heterocycles. The number of H-pyrrole nitrogens is 1. The van der Waals surface area contributed by atoms with E-state index in [4.69, 9.17) is 4.74 Å². The number of sulfonamides is 1. The maximum atomic E-state index is 13.1. The van der Waals surface area contributed by atoms with Crippen molar-refractivity contribution in [2.24, 2.45) is 0 Å². The lowest BCUT2D eigenvalue weighted by atomic mass is 10.0. The molecule has 0 spiro atoms. The lowest BCUT2D eigenvalue weighted by Crippen LogP contribution is -2.31. The summed E-state index contributed by atoms with van der Waals surface area (Å²) in [6.07, 6.45) is 1.62. The minimum absolute atomic E-state index is 0.204. The number of para-hydroxylation sites is 1. The topological polar surface area (TPSA) is 75.3 Å². The van der Waals surface area contributed by atoms with Crippen molar-refractivity contribution in [3.63, 3.8) is 0 Å². The van der Waals surface area contributed by atoms with Gasteiger partial charge in [-0.15, -0.1) is 0 Å². The summed E-state index contributed by atoms with van der Waals surface area (Å²) < 4.78 is 33.3. The summed E-state index contributed by atoms with van der Waals surface area (Å²) in [6.45, 7) is 3.96. The molecule has 1 atom stereocenters. The van der Waals surface area contributed by atoms with Crippen LogP contribution in [-0.2, 0) is 10.0 Å². The third kappa shape index (κ3) is 2.64. The fourth-order valence-electron chi connectivity index (χ4n) is 3.32. The molecule has 0 aliphatic carbocycles. The first-order valence-corrected chi connectivity index (χ1v) is 9.07. The van der Waals surface area contributed by atoms with Crippen molar-refractivity contribution in [1.82, 2.24) is 14.5 Å². The quantitative estimate of drug-likeness (QED) is 0.932. The summed E-state index contributed by atoms with van der Waals surface area (Å²) in [7, 11) is -1.99. The molecule has 3 rings (SSSR count). The van der Waals surface area contributed by atoms with Gasteiger partial charge in [-0.3, -0.25) is 5.10 Å². The van der Waals surface area contributed by atoms with Crippen LogP contribution in [0.4, 0.5) is 0 Å². The normalized spacial score (nSPS) is 19.2. The minimum atomic E-state index is -3.59. The van der Waals surface area contributed by atoms with Crippen LogP contribution >= 0.6 is 0 Å². The Labute approximate surface area is 136 Å². The number of aromatic amines is 1. The van der Waals surface area contributed by atoms with Gasteiger partial charge in [0.2, 0.25) is 10.0 Å². The molecule has 0 amide bonds. The predicted octanol–water partition coefficient (Wildman–Crippen LogP) is 2.56. The highest BCUT2D eigenvalue weighted by molar-refractivity contribution is 7.89. The number of benzene rings is 1. The van der Waals surface area contributed by atoms with Gasteiger partial charge in [-0.2, -0.15) is 9.40 Å². The fraction of sp³-hybridized carbons (Fsp3) is 0.438. The summed E-state index contributed by atoms with van der Waals surface area (Å²) in [5.41, 5.74) is 2.00. The van der Waals surface area contributed by atoms with E-state index in [-0.39, 0.29) is 6.04 Å². The molecule has 1 aromatic heterocycles. The van der Waals surface area contributed by atoms with Crippen LogP contribution in [0.5, 0.6) is 5.75 Å². The number of aromatic nitrogens is 2. The Morgan fingerprint density at radius 1 is 1.30 bits per heavy atom. The summed E-state index contributed by atoms with van der Waals surface area (Å²) in [6, 6.07) is 7.40. The van der Waals surface area contributed by atoms with Gasteiger partial charge < -0.3 is 4.74 Å². The van der Waals surface area contributed by atoms with E-state index >= 15 is 0 Å². The first-order chi connectivity index (χ1) is 11.0. The van der Waals surface area contributed by atoms with Crippen LogP contribution in [0.1, 0.15) is 35.8 Å². The SMILES string of the molecule is COc1ccccc1[C@@H]1CCCN1S(=O)(=O)c1c(C)n[nH]c1C. The predicted molar refractivity (Wildman–Crippen MR) is 86.9 cm³/mol. The van der Waals surface area contributed by atoms with Crippen LogP contribution in [0, 0.1) is 13.8 Å². The Kier molecular flexibility index (Phi) is 4.16. The molecule has 2 aromatic rings. The Balaban J connectivity index is 2.05. The molecule has 2 heterocycles. The minimum Gasteiger partial charge on any atom is -0.496 e. The number of nitrogens with one attached hydrogen (secondary N) is 1. The molecule has 23 heavy (non-hydrogen) atoms. The molecule has 6 nitrogen and oxygen atoms in total. The molecule has 1 saturated heterocycles. The fourth-order valence-corrected chi connectivity index (χ4v) is 5.33. The lowest BCUT2D eigenvalue weighted by Gasteiger charge is -2.25. The molecule has 124 valence electrons. The van der Waals surface area contributed by atoms with E-state index in [9.17, 15) is 8.42 Å². The average molecular weight is 335 g/mol. The van der Waals surface area contributed by atoms with E-state index in [0.29, 0.717) is 22.8 Å². The largest absolute Gasteiger partial charge is 0.496 e. The number of hydrogen-bond donors (Lipinski definition) is 1. The molecule has 1 aromatic carbocycles. The number of aryl methyl sites for hydroxylation is 2. The maximum absolute atomic E-state index is 13.1. The first kappa shape index (κ1) is 16.0. The number of hydrogen-bond acceptors (Lipinski definition) is 4. The Morgan fingerprint density at radius 3 is 2.70 bits per heavy atom. The van der Waals surface area contributed by atoms with Crippen molar-refractivity contribution < 1.29 is 13.2 Å². The summed E-state index contributed by atoms with van der Waals surface area (Å²) >= 11 is 0. The van der Waals surface area contributed by atoms with E-state index in [1.807, 2.05) is 24.3 Å². The third-order valence-electron chi connectivity index (χ3n) is 4.33. The van der Waals surface area contributed by atoms with Crippen LogP contribution in [0.2, 0.25) is 0 Å². The van der Waals surface area contributed by atoms with Crippen LogP contribution in [0.15, 0.2) is 29.2 Å². The van der Waals surface area contributed by atoms with E-state index in [0.717, 1.165) is 24.2 Å². The Morgan fingerprint density at radius 2 is 2.04 bits per heavy atom. The van der Waals surface area contributed by atoms with Crippen LogP contribution in [-0.4, -0.2) is 36.6 Å². The highest BCUT2D eigenvalue weighted by atomic mass is 32.2. The second-order valence-electron chi connectivity index (χ2n) is 5.78. The molecule has 1 aliphatic rings. The Bertz CT molecular complexity index is 794. The van der Waals surface area contributed by atoms with Crippen LogP contribution < -0.4 is 4.74 Å². The molecular formula is C16H21N3O3S. The van der Waals surface area contributed by atoms with Crippen molar-refractivity contribution in [3.05, 3.63) is 41.2 Å². The van der Waals surface area contributed by atoms with E-state index < -0.39 is 10.0 Å². The van der Waals surface area contributed by atoms with Crippen molar-refractivity contribution in [2.45, 2.75) is 37.6 Å². The molecule has 7 heteroatoms. The molecule has 1 fully saturated rings. The molecule has 0 unspecified atom stereocenters. The smallest absolute Gasteiger partial charge is 0.247 e. The highest BCUT2D eigenvalue weighted by Crippen LogP contribution is 2.40. The zero-order chi connectivity index (χ0) is 16.6. The second kappa shape index (κ2) is 5.98. The van der Waals surface area contributed by atoms with Gasteiger partial charge in [0.25, 0.3) is 0 Å². The zero-order valence-electron chi connectivity index (χ0n) is 13.5. The van der Waals surface area contributed by atoms with Gasteiger partial charge in [-0.1, -0.05) is 18.2 Å². The standard InChI is InChI=1S/C16H21N3O3S/c1-11-16(12(2)18-17-11)23(20,21)19-10-6-8-14(19)13-7-4-5-9-15(13)22-3/h4-5,7,9,14H,6,8,10H2,1-3H3,(H,17,18)/t14-/m0/s1. The number of nitrogens with zero attached hydrogens (tertiary/aromatic N) is 2. The number of ether oxygens (including phenoxy) is 1. The van der Waals surface area contributed by atoms with Crippen LogP contribution in [0.3, 0.4) is 0 Å². The van der Waals surface area contributed by atoms with Crippen molar-refractivity contribution in [3.8, 4) is 5.75 Å². The Hall–Kier alpha value is -1.86. The van der Waals surface area contributed by atoms with Gasteiger partial charge in [-0.25, -0.2) is 8.42 Å². The van der Waals surface area contributed by atoms with Gasteiger partial charge in [0.05, 0.1) is 24.5 Å². The molecular weight excluding hydrogens is 314 g/mol. The lowest BCUT2D eigenvalue weighted by molar-refractivity contribution is 0.366. The monoisotopic (exact) mass is 335 g/mol. The van der Waals surface area contributed by atoms with Gasteiger partial charge >= 0.3 is 0 Å². The molecule has 0 saturated carbocycles. The van der Waals surface area contributed by atoms with Crippen molar-refractivity contribution >= 4 is 10.0 Å². The van der Waals surface area contributed by atoms with Crippen molar-refractivity contribution in [2.75, 3.05) is 13.7 Å².